The zero-order chi connectivity index (χ0) is 9.80. The summed E-state index contributed by atoms with van der Waals surface area (Å²) in [5, 5.41) is 0. The Morgan fingerprint density at radius 3 is 3.14 bits per heavy atom. The van der Waals surface area contributed by atoms with Gasteiger partial charge in [0.2, 0.25) is 6.41 Å². The minimum absolute atomic E-state index is 0.159. The van der Waals surface area contributed by atoms with Crippen molar-refractivity contribution in [2.45, 2.75) is 12.5 Å². The average molecular weight is 188 g/mol. The second-order valence-corrected chi connectivity index (χ2v) is 3.31. The smallest absolute Gasteiger partial charge is 0.210 e. The standard InChI is InChI=1S/C11H12N2O/c14-9-13-7-2-1-5-11(13)10-4-3-6-12-8-10/h1-4,6,8-9,11H,5,7H2. The Morgan fingerprint density at radius 2 is 2.43 bits per heavy atom. The Labute approximate surface area is 83.1 Å². The van der Waals surface area contributed by atoms with Crippen molar-refractivity contribution in [2.24, 2.45) is 0 Å². The Morgan fingerprint density at radius 1 is 1.50 bits per heavy atom. The molecule has 0 saturated heterocycles. The third-order valence-electron chi connectivity index (χ3n) is 2.45. The predicted molar refractivity (Wildman–Crippen MR) is 53.5 cm³/mol. The van der Waals surface area contributed by atoms with Crippen molar-refractivity contribution in [2.75, 3.05) is 6.54 Å². The van der Waals surface area contributed by atoms with Crippen molar-refractivity contribution < 1.29 is 4.79 Å². The van der Waals surface area contributed by atoms with E-state index in [1.807, 2.05) is 24.4 Å². The van der Waals surface area contributed by atoms with Crippen LogP contribution in [0.25, 0.3) is 0 Å². The highest BCUT2D eigenvalue weighted by Crippen LogP contribution is 2.25. The Balaban J connectivity index is 2.24. The summed E-state index contributed by atoms with van der Waals surface area (Å²) in [6.45, 7) is 0.697. The number of rotatable bonds is 2. The molecule has 0 spiro atoms. The summed E-state index contributed by atoms with van der Waals surface area (Å²) in [6.07, 6.45) is 9.47. The van der Waals surface area contributed by atoms with E-state index in [1.165, 1.54) is 0 Å². The summed E-state index contributed by atoms with van der Waals surface area (Å²) < 4.78 is 0. The zero-order valence-electron chi connectivity index (χ0n) is 7.84. The van der Waals surface area contributed by atoms with Crippen LogP contribution in [0.3, 0.4) is 0 Å². The molecule has 0 N–H and O–H groups in total. The van der Waals surface area contributed by atoms with Gasteiger partial charge in [0.1, 0.15) is 0 Å². The van der Waals surface area contributed by atoms with E-state index in [1.54, 1.807) is 11.1 Å². The fourth-order valence-corrected chi connectivity index (χ4v) is 1.70. The lowest BCUT2D eigenvalue weighted by atomic mass is 10.0. The van der Waals surface area contributed by atoms with Crippen molar-refractivity contribution in [3.63, 3.8) is 0 Å². The second kappa shape index (κ2) is 4.05. The fraction of sp³-hybridized carbons (Fsp3) is 0.273. The fourth-order valence-electron chi connectivity index (χ4n) is 1.70. The van der Waals surface area contributed by atoms with Crippen molar-refractivity contribution in [3.8, 4) is 0 Å². The summed E-state index contributed by atoms with van der Waals surface area (Å²) in [5.41, 5.74) is 1.10. The summed E-state index contributed by atoms with van der Waals surface area (Å²) >= 11 is 0. The summed E-state index contributed by atoms with van der Waals surface area (Å²) in [5.74, 6) is 0. The van der Waals surface area contributed by atoms with Crippen LogP contribution in [0.4, 0.5) is 0 Å². The van der Waals surface area contributed by atoms with Gasteiger partial charge in [-0.2, -0.15) is 0 Å². The first-order valence-electron chi connectivity index (χ1n) is 4.68. The Hall–Kier alpha value is -1.64. The summed E-state index contributed by atoms with van der Waals surface area (Å²) in [7, 11) is 0. The largest absolute Gasteiger partial charge is 0.334 e. The van der Waals surface area contributed by atoms with E-state index in [-0.39, 0.29) is 6.04 Å². The van der Waals surface area contributed by atoms with Crippen LogP contribution >= 0.6 is 0 Å². The third kappa shape index (κ3) is 1.66. The van der Waals surface area contributed by atoms with Gasteiger partial charge >= 0.3 is 0 Å². The monoisotopic (exact) mass is 188 g/mol. The molecule has 1 atom stereocenters. The van der Waals surface area contributed by atoms with Crippen molar-refractivity contribution in [1.82, 2.24) is 9.88 Å². The average Bonchev–Trinajstić information content (AvgIpc) is 2.30. The summed E-state index contributed by atoms with van der Waals surface area (Å²) in [4.78, 5) is 16.7. The normalized spacial score (nSPS) is 20.9. The molecule has 0 saturated carbocycles. The highest BCUT2D eigenvalue weighted by Gasteiger charge is 2.19. The molecule has 1 amide bonds. The van der Waals surface area contributed by atoms with Crippen LogP contribution in [0.2, 0.25) is 0 Å². The molecule has 1 unspecified atom stereocenters. The molecule has 14 heavy (non-hydrogen) atoms. The van der Waals surface area contributed by atoms with E-state index in [2.05, 4.69) is 11.1 Å². The van der Waals surface area contributed by atoms with E-state index < -0.39 is 0 Å². The number of hydrogen-bond donors (Lipinski definition) is 0. The molecule has 1 aromatic rings. The lowest BCUT2D eigenvalue weighted by Crippen LogP contribution is -2.29. The molecular formula is C11H12N2O. The number of aromatic nitrogens is 1. The molecule has 1 aliphatic rings. The maximum atomic E-state index is 10.8. The van der Waals surface area contributed by atoms with Gasteiger partial charge in [0.15, 0.2) is 0 Å². The first-order valence-corrected chi connectivity index (χ1v) is 4.68. The first kappa shape index (κ1) is 8.94. The van der Waals surface area contributed by atoms with Crippen LogP contribution in [0.5, 0.6) is 0 Å². The topological polar surface area (TPSA) is 33.2 Å². The SMILES string of the molecule is O=CN1CC=CCC1c1cccnc1. The van der Waals surface area contributed by atoms with E-state index in [9.17, 15) is 4.79 Å². The maximum Gasteiger partial charge on any atom is 0.210 e. The van der Waals surface area contributed by atoms with Gasteiger partial charge in [-0.1, -0.05) is 18.2 Å². The number of amides is 1. The molecule has 3 nitrogen and oxygen atoms in total. The van der Waals surface area contributed by atoms with E-state index in [4.69, 9.17) is 0 Å². The highest BCUT2D eigenvalue weighted by molar-refractivity contribution is 5.49. The van der Waals surface area contributed by atoms with Gasteiger partial charge in [-0.3, -0.25) is 9.78 Å². The quantitative estimate of drug-likeness (QED) is 0.521. The van der Waals surface area contributed by atoms with Crippen molar-refractivity contribution in [3.05, 3.63) is 42.2 Å². The molecule has 1 aromatic heterocycles. The van der Waals surface area contributed by atoms with Gasteiger partial charge in [-0.25, -0.2) is 0 Å². The Bertz CT molecular complexity index is 334. The number of pyridine rings is 1. The minimum Gasteiger partial charge on any atom is -0.334 e. The van der Waals surface area contributed by atoms with Crippen LogP contribution in [0.15, 0.2) is 36.7 Å². The van der Waals surface area contributed by atoms with Crippen LogP contribution in [0, 0.1) is 0 Å². The molecule has 0 aromatic carbocycles. The lowest BCUT2D eigenvalue weighted by molar-refractivity contribution is -0.120. The minimum atomic E-state index is 0.159. The molecule has 2 heterocycles. The third-order valence-corrected chi connectivity index (χ3v) is 2.45. The number of hydrogen-bond acceptors (Lipinski definition) is 2. The Kier molecular flexibility index (Phi) is 2.58. The van der Waals surface area contributed by atoms with Crippen molar-refractivity contribution >= 4 is 6.41 Å². The maximum absolute atomic E-state index is 10.8. The molecule has 72 valence electrons. The zero-order valence-corrected chi connectivity index (χ0v) is 7.84. The predicted octanol–water partition coefficient (Wildman–Crippen LogP) is 1.54. The molecular weight excluding hydrogens is 176 g/mol. The number of carbonyl (C=O) groups excluding carboxylic acids is 1. The van der Waals surface area contributed by atoms with Crippen LogP contribution in [0.1, 0.15) is 18.0 Å². The van der Waals surface area contributed by atoms with Gasteiger partial charge in [0.25, 0.3) is 0 Å². The van der Waals surface area contributed by atoms with Crippen LogP contribution in [-0.2, 0) is 4.79 Å². The van der Waals surface area contributed by atoms with E-state index >= 15 is 0 Å². The van der Waals surface area contributed by atoms with Crippen LogP contribution < -0.4 is 0 Å². The molecule has 2 rings (SSSR count). The summed E-state index contributed by atoms with van der Waals surface area (Å²) in [6, 6.07) is 4.07. The molecule has 0 aliphatic carbocycles. The number of nitrogens with zero attached hydrogens (tertiary/aromatic N) is 2. The molecule has 1 aliphatic heterocycles. The highest BCUT2D eigenvalue weighted by atomic mass is 16.1. The van der Waals surface area contributed by atoms with Gasteiger partial charge < -0.3 is 4.90 Å². The molecule has 3 heteroatoms. The van der Waals surface area contributed by atoms with Gasteiger partial charge in [-0.15, -0.1) is 0 Å². The number of carbonyl (C=O) groups is 1. The molecule has 0 radical (unpaired) electrons. The lowest BCUT2D eigenvalue weighted by Gasteiger charge is -2.29. The van der Waals surface area contributed by atoms with E-state index in [0.29, 0.717) is 6.54 Å². The van der Waals surface area contributed by atoms with Gasteiger partial charge in [0, 0.05) is 18.9 Å². The molecule has 0 fully saturated rings. The van der Waals surface area contributed by atoms with Crippen molar-refractivity contribution in [1.29, 1.82) is 0 Å². The van der Waals surface area contributed by atoms with Crippen LogP contribution in [-0.4, -0.2) is 22.8 Å². The van der Waals surface area contributed by atoms with Gasteiger partial charge in [-0.05, 0) is 18.1 Å². The first-order chi connectivity index (χ1) is 6.92. The second-order valence-electron chi connectivity index (χ2n) is 3.31. The molecule has 0 bridgehead atoms. The van der Waals surface area contributed by atoms with Gasteiger partial charge in [0.05, 0.1) is 6.04 Å². The van der Waals surface area contributed by atoms with E-state index in [0.717, 1.165) is 18.4 Å².